The number of carbonyl (C=O) groups excluding carboxylic acids is 1. The van der Waals surface area contributed by atoms with Crippen molar-refractivity contribution < 1.29 is 19.0 Å². The zero-order chi connectivity index (χ0) is 19.4. The van der Waals surface area contributed by atoms with Crippen LogP contribution in [0.25, 0.3) is 0 Å². The number of amides is 1. The minimum atomic E-state index is -0.169. The molecular weight excluding hydrogens is 342 g/mol. The molecule has 0 unspecified atom stereocenters. The molecule has 1 aliphatic heterocycles. The predicted octanol–water partition coefficient (Wildman–Crippen LogP) is 4.01. The van der Waals surface area contributed by atoms with Gasteiger partial charge >= 0.3 is 0 Å². The SMILES string of the molecule is C[C@H](NC(=O)COc1ccc(C(C)(C)C)cc1)c1ccc2c(c1)OCCO2. The fourth-order valence-electron chi connectivity index (χ4n) is 2.90. The Hall–Kier alpha value is -2.69. The molecule has 1 N–H and O–H groups in total. The predicted molar refractivity (Wildman–Crippen MR) is 105 cm³/mol. The van der Waals surface area contributed by atoms with Crippen molar-refractivity contribution in [2.45, 2.75) is 39.2 Å². The van der Waals surface area contributed by atoms with Crippen molar-refractivity contribution in [3.63, 3.8) is 0 Å². The first-order chi connectivity index (χ1) is 12.8. The number of benzene rings is 2. The molecule has 0 aliphatic carbocycles. The Kier molecular flexibility index (Phi) is 5.59. The second kappa shape index (κ2) is 7.91. The van der Waals surface area contributed by atoms with Crippen LogP contribution in [0.15, 0.2) is 42.5 Å². The average molecular weight is 369 g/mol. The van der Waals surface area contributed by atoms with Crippen LogP contribution in [0.1, 0.15) is 44.9 Å². The zero-order valence-corrected chi connectivity index (χ0v) is 16.4. The number of carbonyl (C=O) groups is 1. The van der Waals surface area contributed by atoms with E-state index < -0.39 is 0 Å². The summed E-state index contributed by atoms with van der Waals surface area (Å²) in [6.07, 6.45) is 0. The molecule has 5 heteroatoms. The van der Waals surface area contributed by atoms with E-state index in [9.17, 15) is 4.79 Å². The van der Waals surface area contributed by atoms with Crippen LogP contribution in [0.4, 0.5) is 0 Å². The number of rotatable bonds is 5. The quantitative estimate of drug-likeness (QED) is 0.865. The molecule has 0 spiro atoms. The summed E-state index contributed by atoms with van der Waals surface area (Å²) in [6.45, 7) is 9.50. The summed E-state index contributed by atoms with van der Waals surface area (Å²) in [6, 6.07) is 13.4. The molecule has 1 aliphatic rings. The van der Waals surface area contributed by atoms with Crippen LogP contribution in [0.5, 0.6) is 17.2 Å². The molecule has 2 aromatic carbocycles. The van der Waals surface area contributed by atoms with Gasteiger partial charge in [0.2, 0.25) is 0 Å². The first-order valence-corrected chi connectivity index (χ1v) is 9.25. The van der Waals surface area contributed by atoms with Gasteiger partial charge < -0.3 is 19.5 Å². The Bertz CT molecular complexity index is 793. The lowest BCUT2D eigenvalue weighted by Crippen LogP contribution is -2.31. The summed E-state index contributed by atoms with van der Waals surface area (Å²) in [5.41, 5.74) is 2.28. The van der Waals surface area contributed by atoms with Gasteiger partial charge in [-0.3, -0.25) is 4.79 Å². The maximum atomic E-state index is 12.2. The Morgan fingerprint density at radius 3 is 2.41 bits per heavy atom. The Morgan fingerprint density at radius 1 is 1.07 bits per heavy atom. The van der Waals surface area contributed by atoms with Gasteiger partial charge in [0.15, 0.2) is 18.1 Å². The minimum Gasteiger partial charge on any atom is -0.486 e. The molecule has 3 rings (SSSR count). The van der Waals surface area contributed by atoms with E-state index in [4.69, 9.17) is 14.2 Å². The van der Waals surface area contributed by atoms with Gasteiger partial charge in [0, 0.05) is 0 Å². The van der Waals surface area contributed by atoms with Crippen molar-refractivity contribution >= 4 is 5.91 Å². The van der Waals surface area contributed by atoms with E-state index in [1.165, 1.54) is 5.56 Å². The van der Waals surface area contributed by atoms with Crippen molar-refractivity contribution in [3.8, 4) is 17.2 Å². The van der Waals surface area contributed by atoms with E-state index >= 15 is 0 Å². The minimum absolute atomic E-state index is 0.0241. The fourth-order valence-corrected chi connectivity index (χ4v) is 2.90. The summed E-state index contributed by atoms with van der Waals surface area (Å²) < 4.78 is 16.7. The van der Waals surface area contributed by atoms with E-state index in [1.807, 2.05) is 49.4 Å². The van der Waals surface area contributed by atoms with Gasteiger partial charge in [0.25, 0.3) is 5.91 Å². The van der Waals surface area contributed by atoms with Gasteiger partial charge in [0.05, 0.1) is 6.04 Å². The third-order valence-electron chi connectivity index (χ3n) is 4.53. The van der Waals surface area contributed by atoms with Gasteiger partial charge in [-0.25, -0.2) is 0 Å². The summed E-state index contributed by atoms with van der Waals surface area (Å²) in [4.78, 5) is 12.2. The summed E-state index contributed by atoms with van der Waals surface area (Å²) >= 11 is 0. The number of hydrogen-bond donors (Lipinski definition) is 1. The van der Waals surface area contributed by atoms with Gasteiger partial charge in [-0.15, -0.1) is 0 Å². The maximum absolute atomic E-state index is 12.2. The number of ether oxygens (including phenoxy) is 3. The lowest BCUT2D eigenvalue weighted by molar-refractivity contribution is -0.123. The molecule has 2 aromatic rings. The van der Waals surface area contributed by atoms with Crippen molar-refractivity contribution in [2.75, 3.05) is 19.8 Å². The molecule has 5 nitrogen and oxygen atoms in total. The smallest absolute Gasteiger partial charge is 0.258 e. The third kappa shape index (κ3) is 4.94. The Balaban J connectivity index is 1.53. The molecule has 0 radical (unpaired) electrons. The average Bonchev–Trinajstić information content (AvgIpc) is 2.65. The number of hydrogen-bond acceptors (Lipinski definition) is 4. The van der Waals surface area contributed by atoms with Gasteiger partial charge in [-0.1, -0.05) is 39.0 Å². The van der Waals surface area contributed by atoms with Crippen LogP contribution < -0.4 is 19.5 Å². The molecular formula is C22H27NO4. The highest BCUT2D eigenvalue weighted by atomic mass is 16.6. The Morgan fingerprint density at radius 2 is 1.74 bits per heavy atom. The van der Waals surface area contributed by atoms with Gasteiger partial charge in [-0.05, 0) is 47.7 Å². The largest absolute Gasteiger partial charge is 0.486 e. The van der Waals surface area contributed by atoms with Crippen LogP contribution in [0.3, 0.4) is 0 Å². The normalized spacial score (nSPS) is 14.4. The number of fused-ring (bicyclic) bond motifs is 1. The molecule has 0 bridgehead atoms. The molecule has 0 saturated heterocycles. The van der Waals surface area contributed by atoms with Crippen molar-refractivity contribution in [3.05, 3.63) is 53.6 Å². The third-order valence-corrected chi connectivity index (χ3v) is 4.53. The van der Waals surface area contributed by atoms with E-state index in [0.29, 0.717) is 19.0 Å². The highest BCUT2D eigenvalue weighted by molar-refractivity contribution is 5.78. The van der Waals surface area contributed by atoms with Crippen LogP contribution in [-0.4, -0.2) is 25.7 Å². The van der Waals surface area contributed by atoms with E-state index in [1.54, 1.807) is 0 Å². The lowest BCUT2D eigenvalue weighted by atomic mass is 9.87. The second-order valence-electron chi connectivity index (χ2n) is 7.76. The van der Waals surface area contributed by atoms with Crippen LogP contribution in [0.2, 0.25) is 0 Å². The van der Waals surface area contributed by atoms with Gasteiger partial charge in [0.1, 0.15) is 19.0 Å². The lowest BCUT2D eigenvalue weighted by Gasteiger charge is -2.21. The highest BCUT2D eigenvalue weighted by Gasteiger charge is 2.16. The molecule has 0 aromatic heterocycles. The number of nitrogens with one attached hydrogen (secondary N) is 1. The molecule has 27 heavy (non-hydrogen) atoms. The van der Waals surface area contributed by atoms with Crippen LogP contribution >= 0.6 is 0 Å². The molecule has 1 heterocycles. The van der Waals surface area contributed by atoms with Crippen molar-refractivity contribution in [2.24, 2.45) is 0 Å². The summed E-state index contributed by atoms with van der Waals surface area (Å²) in [5, 5.41) is 2.95. The fraction of sp³-hybridized carbons (Fsp3) is 0.409. The van der Waals surface area contributed by atoms with Crippen molar-refractivity contribution in [1.29, 1.82) is 0 Å². The van der Waals surface area contributed by atoms with Crippen molar-refractivity contribution in [1.82, 2.24) is 5.32 Å². The summed E-state index contributed by atoms with van der Waals surface area (Å²) in [7, 11) is 0. The van der Waals surface area contributed by atoms with Gasteiger partial charge in [-0.2, -0.15) is 0 Å². The first kappa shape index (κ1) is 19.1. The first-order valence-electron chi connectivity index (χ1n) is 9.25. The van der Waals surface area contributed by atoms with Crippen LogP contribution in [0, 0.1) is 0 Å². The molecule has 0 saturated carbocycles. The standard InChI is InChI=1S/C22H27NO4/c1-15(16-5-10-19-20(13-16)26-12-11-25-19)23-21(24)14-27-18-8-6-17(7-9-18)22(2,3)4/h5-10,13,15H,11-12,14H2,1-4H3,(H,23,24)/t15-/m0/s1. The van der Waals surface area contributed by atoms with Crippen LogP contribution in [-0.2, 0) is 10.2 Å². The molecule has 0 fully saturated rings. The Labute approximate surface area is 160 Å². The molecule has 144 valence electrons. The monoisotopic (exact) mass is 369 g/mol. The van der Waals surface area contributed by atoms with E-state index in [2.05, 4.69) is 26.1 Å². The highest BCUT2D eigenvalue weighted by Crippen LogP contribution is 2.32. The molecule has 1 atom stereocenters. The maximum Gasteiger partial charge on any atom is 0.258 e. The zero-order valence-electron chi connectivity index (χ0n) is 16.4. The summed E-state index contributed by atoms with van der Waals surface area (Å²) in [5.74, 6) is 1.98. The topological polar surface area (TPSA) is 56.8 Å². The second-order valence-corrected chi connectivity index (χ2v) is 7.76. The molecule has 1 amide bonds. The van der Waals surface area contributed by atoms with E-state index in [-0.39, 0.29) is 24.0 Å². The van der Waals surface area contributed by atoms with E-state index in [0.717, 1.165) is 17.1 Å².